The molecule has 2 aromatic rings. The number of nitrogens with one attached hydrogen (secondary N) is 1. The van der Waals surface area contributed by atoms with Crippen molar-refractivity contribution in [3.8, 4) is 10.4 Å². The molecule has 4 heteroatoms. The van der Waals surface area contributed by atoms with Crippen LogP contribution in [0.4, 0.5) is 0 Å². The zero-order valence-corrected chi connectivity index (χ0v) is 9.42. The number of rotatable bonds is 4. The van der Waals surface area contributed by atoms with E-state index in [1.807, 2.05) is 24.8 Å². The predicted octanol–water partition coefficient (Wildman–Crippen LogP) is 1.97. The Balaban J connectivity index is 2.25. The maximum atomic E-state index is 4.38. The molecule has 0 aromatic carbocycles. The van der Waals surface area contributed by atoms with Gasteiger partial charge in [-0.15, -0.1) is 11.3 Å². The molecule has 2 rings (SSSR count). The van der Waals surface area contributed by atoms with E-state index in [0.717, 1.165) is 24.2 Å². The Morgan fingerprint density at radius 1 is 1.47 bits per heavy atom. The first-order valence-corrected chi connectivity index (χ1v) is 5.77. The lowest BCUT2D eigenvalue weighted by atomic mass is 10.2. The van der Waals surface area contributed by atoms with Crippen LogP contribution < -0.4 is 5.32 Å². The van der Waals surface area contributed by atoms with Gasteiger partial charge in [0.05, 0.1) is 16.1 Å². The highest BCUT2D eigenvalue weighted by atomic mass is 32.1. The maximum Gasteiger partial charge on any atom is 0.0801 e. The fraction of sp³-hybridized carbons (Fsp3) is 0.273. The van der Waals surface area contributed by atoms with Gasteiger partial charge in [0.2, 0.25) is 0 Å². The minimum Gasteiger partial charge on any atom is -0.319 e. The lowest BCUT2D eigenvalue weighted by molar-refractivity contribution is 0.781. The SMILES string of the molecule is CNCCc1ncsc1-c1cccnc1. The number of thiazole rings is 1. The molecule has 0 fully saturated rings. The third-order valence-electron chi connectivity index (χ3n) is 2.18. The predicted molar refractivity (Wildman–Crippen MR) is 63.0 cm³/mol. The number of hydrogen-bond acceptors (Lipinski definition) is 4. The Hall–Kier alpha value is -1.26. The van der Waals surface area contributed by atoms with Gasteiger partial charge in [-0.1, -0.05) is 6.07 Å². The lowest BCUT2D eigenvalue weighted by Gasteiger charge is -2.01. The van der Waals surface area contributed by atoms with Crippen LogP contribution >= 0.6 is 11.3 Å². The van der Waals surface area contributed by atoms with Crippen molar-refractivity contribution < 1.29 is 0 Å². The summed E-state index contributed by atoms with van der Waals surface area (Å²) < 4.78 is 0. The number of likely N-dealkylation sites (N-methyl/N-ethyl adjacent to an activating group) is 1. The summed E-state index contributed by atoms with van der Waals surface area (Å²) in [5.41, 5.74) is 4.21. The number of pyridine rings is 1. The summed E-state index contributed by atoms with van der Waals surface area (Å²) in [6.07, 6.45) is 4.64. The monoisotopic (exact) mass is 219 g/mol. The Morgan fingerprint density at radius 3 is 3.13 bits per heavy atom. The molecule has 0 radical (unpaired) electrons. The van der Waals surface area contributed by atoms with Crippen molar-refractivity contribution in [1.29, 1.82) is 0 Å². The molecular formula is C11H13N3S. The van der Waals surface area contributed by atoms with Crippen LogP contribution in [0.25, 0.3) is 10.4 Å². The fourth-order valence-electron chi connectivity index (χ4n) is 1.42. The van der Waals surface area contributed by atoms with Gasteiger partial charge in [0, 0.05) is 30.9 Å². The molecule has 0 spiro atoms. The van der Waals surface area contributed by atoms with Crippen molar-refractivity contribution >= 4 is 11.3 Å². The molecule has 0 aliphatic heterocycles. The number of nitrogens with zero attached hydrogens (tertiary/aromatic N) is 2. The zero-order chi connectivity index (χ0) is 10.5. The van der Waals surface area contributed by atoms with Gasteiger partial charge in [0.15, 0.2) is 0 Å². The zero-order valence-electron chi connectivity index (χ0n) is 8.60. The van der Waals surface area contributed by atoms with Gasteiger partial charge in [-0.3, -0.25) is 4.98 Å². The average molecular weight is 219 g/mol. The first kappa shape index (κ1) is 10.3. The summed E-state index contributed by atoms with van der Waals surface area (Å²) in [6.45, 7) is 0.955. The summed E-state index contributed by atoms with van der Waals surface area (Å²) in [5.74, 6) is 0. The van der Waals surface area contributed by atoms with Crippen molar-refractivity contribution in [2.45, 2.75) is 6.42 Å². The number of hydrogen-bond donors (Lipinski definition) is 1. The highest BCUT2D eigenvalue weighted by Crippen LogP contribution is 2.26. The molecule has 0 aliphatic carbocycles. The highest BCUT2D eigenvalue weighted by Gasteiger charge is 2.07. The van der Waals surface area contributed by atoms with E-state index in [1.54, 1.807) is 17.5 Å². The molecule has 1 N–H and O–H groups in total. The fourth-order valence-corrected chi connectivity index (χ4v) is 2.26. The average Bonchev–Trinajstić information content (AvgIpc) is 2.75. The molecule has 2 heterocycles. The topological polar surface area (TPSA) is 37.8 Å². The third kappa shape index (κ3) is 2.40. The molecule has 0 amide bonds. The summed E-state index contributed by atoms with van der Waals surface area (Å²) in [5, 5.41) is 3.13. The van der Waals surface area contributed by atoms with E-state index in [0.29, 0.717) is 0 Å². The molecule has 0 unspecified atom stereocenters. The van der Waals surface area contributed by atoms with Crippen molar-refractivity contribution in [3.63, 3.8) is 0 Å². The first-order valence-electron chi connectivity index (χ1n) is 4.89. The van der Waals surface area contributed by atoms with Gasteiger partial charge in [0.1, 0.15) is 0 Å². The first-order chi connectivity index (χ1) is 7.42. The van der Waals surface area contributed by atoms with Gasteiger partial charge in [0.25, 0.3) is 0 Å². The largest absolute Gasteiger partial charge is 0.319 e. The summed E-state index contributed by atoms with van der Waals surface area (Å²) >= 11 is 1.67. The summed E-state index contributed by atoms with van der Waals surface area (Å²) in [6, 6.07) is 4.03. The normalized spacial score (nSPS) is 10.5. The van der Waals surface area contributed by atoms with E-state index in [-0.39, 0.29) is 0 Å². The Bertz CT molecular complexity index is 411. The molecular weight excluding hydrogens is 206 g/mol. The lowest BCUT2D eigenvalue weighted by Crippen LogP contribution is -2.10. The quantitative estimate of drug-likeness (QED) is 0.854. The van der Waals surface area contributed by atoms with E-state index >= 15 is 0 Å². The van der Waals surface area contributed by atoms with Crippen molar-refractivity contribution in [2.24, 2.45) is 0 Å². The molecule has 2 aromatic heterocycles. The van der Waals surface area contributed by atoms with Crippen molar-refractivity contribution in [2.75, 3.05) is 13.6 Å². The van der Waals surface area contributed by atoms with E-state index in [1.165, 1.54) is 4.88 Å². The minimum atomic E-state index is 0.955. The van der Waals surface area contributed by atoms with Gasteiger partial charge in [-0.05, 0) is 13.1 Å². The molecule has 3 nitrogen and oxygen atoms in total. The molecule has 0 saturated carbocycles. The van der Waals surface area contributed by atoms with Crippen LogP contribution in [0.5, 0.6) is 0 Å². The minimum absolute atomic E-state index is 0.955. The Labute approximate surface area is 93.2 Å². The molecule has 0 bridgehead atoms. The molecule has 0 aliphatic rings. The van der Waals surface area contributed by atoms with E-state index in [9.17, 15) is 0 Å². The smallest absolute Gasteiger partial charge is 0.0801 e. The van der Waals surface area contributed by atoms with Gasteiger partial charge in [-0.2, -0.15) is 0 Å². The van der Waals surface area contributed by atoms with Crippen molar-refractivity contribution in [3.05, 3.63) is 35.7 Å². The van der Waals surface area contributed by atoms with Crippen LogP contribution in [0.1, 0.15) is 5.69 Å². The highest BCUT2D eigenvalue weighted by molar-refractivity contribution is 7.13. The molecule has 15 heavy (non-hydrogen) atoms. The van der Waals surface area contributed by atoms with Crippen LogP contribution in [0.2, 0.25) is 0 Å². The summed E-state index contributed by atoms with van der Waals surface area (Å²) in [7, 11) is 1.95. The Morgan fingerprint density at radius 2 is 2.40 bits per heavy atom. The second-order valence-corrected chi connectivity index (χ2v) is 4.08. The third-order valence-corrected chi connectivity index (χ3v) is 3.09. The van der Waals surface area contributed by atoms with Crippen LogP contribution in [0.3, 0.4) is 0 Å². The van der Waals surface area contributed by atoms with Gasteiger partial charge < -0.3 is 5.32 Å². The second kappa shape index (κ2) is 5.00. The van der Waals surface area contributed by atoms with Gasteiger partial charge in [-0.25, -0.2) is 4.98 Å². The second-order valence-electron chi connectivity index (χ2n) is 3.22. The van der Waals surface area contributed by atoms with Crippen LogP contribution in [-0.2, 0) is 6.42 Å². The molecule has 0 atom stereocenters. The molecule has 78 valence electrons. The Kier molecular flexibility index (Phi) is 3.42. The van der Waals surface area contributed by atoms with Gasteiger partial charge >= 0.3 is 0 Å². The van der Waals surface area contributed by atoms with E-state index in [2.05, 4.69) is 21.4 Å². The van der Waals surface area contributed by atoms with Crippen molar-refractivity contribution in [1.82, 2.24) is 15.3 Å². The molecule has 0 saturated heterocycles. The van der Waals surface area contributed by atoms with Crippen LogP contribution in [0, 0.1) is 0 Å². The van der Waals surface area contributed by atoms with E-state index in [4.69, 9.17) is 0 Å². The maximum absolute atomic E-state index is 4.38. The summed E-state index contributed by atoms with van der Waals surface area (Å²) in [4.78, 5) is 9.74. The van der Waals surface area contributed by atoms with Crippen LogP contribution in [0.15, 0.2) is 30.0 Å². The van der Waals surface area contributed by atoms with E-state index < -0.39 is 0 Å². The van der Waals surface area contributed by atoms with Crippen LogP contribution in [-0.4, -0.2) is 23.6 Å². The number of aromatic nitrogens is 2. The standard InChI is InChI=1S/C11H13N3S/c1-12-6-4-10-11(15-8-14-10)9-3-2-5-13-7-9/h2-3,5,7-8,12H,4,6H2,1H3.